The van der Waals surface area contributed by atoms with Gasteiger partial charge < -0.3 is 18.8 Å². The molecule has 1 fully saturated rings. The van der Waals surface area contributed by atoms with Crippen LogP contribution in [0.5, 0.6) is 5.88 Å². The zero-order chi connectivity index (χ0) is 31.9. The highest BCUT2D eigenvalue weighted by atomic mass is 35.5. The van der Waals surface area contributed by atoms with Gasteiger partial charge >= 0.3 is 5.97 Å². The molecular weight excluding hydrogens is 609 g/mol. The zero-order valence-electron chi connectivity index (χ0n) is 24.6. The van der Waals surface area contributed by atoms with Crippen LogP contribution in [-0.2, 0) is 22.5 Å². The number of aromatic nitrogens is 4. The molecule has 1 aliphatic heterocycles. The van der Waals surface area contributed by atoms with Crippen molar-refractivity contribution in [3.05, 3.63) is 106 Å². The highest BCUT2D eigenvalue weighted by Gasteiger charge is 2.39. The summed E-state index contributed by atoms with van der Waals surface area (Å²) in [4.78, 5) is 25.2. The van der Waals surface area contributed by atoms with Gasteiger partial charge in [-0.1, -0.05) is 31.5 Å². The standard InChI is InChI=1S/C33H28ClF3N4O4/c1-33(2)17-44-16-28(33)41-27-10-18(32(42)43-3)7-8-26(27)39-30(41)11-19-9-24(37)21(12-22(19)35)25-5-4-6-31(40-25)45-15-20-14-38-29(34)13-23(20)36/h4-10,12-14,28H,11,15-17H2,1-3H3. The number of halogens is 4. The Hall–Kier alpha value is -4.48. The second kappa shape index (κ2) is 12.1. The van der Waals surface area contributed by atoms with Gasteiger partial charge in [-0.25, -0.2) is 32.9 Å². The van der Waals surface area contributed by atoms with E-state index in [1.165, 1.54) is 25.4 Å². The zero-order valence-corrected chi connectivity index (χ0v) is 25.4. The van der Waals surface area contributed by atoms with E-state index in [4.69, 9.17) is 30.8 Å². The number of methoxy groups -OCH3 is 1. The van der Waals surface area contributed by atoms with E-state index in [9.17, 15) is 9.18 Å². The van der Waals surface area contributed by atoms with E-state index in [-0.39, 0.29) is 57.9 Å². The van der Waals surface area contributed by atoms with Crippen LogP contribution < -0.4 is 4.74 Å². The van der Waals surface area contributed by atoms with Crippen LogP contribution in [0.3, 0.4) is 0 Å². The minimum absolute atomic E-state index is 0.0127. The van der Waals surface area contributed by atoms with Crippen molar-refractivity contribution in [2.75, 3.05) is 20.3 Å². The lowest BCUT2D eigenvalue weighted by molar-refractivity contribution is 0.0601. The van der Waals surface area contributed by atoms with Crippen LogP contribution in [0.15, 0.2) is 60.8 Å². The first-order valence-electron chi connectivity index (χ1n) is 14.1. The molecule has 0 radical (unpaired) electrons. The van der Waals surface area contributed by atoms with Crippen LogP contribution in [0.1, 0.15) is 47.2 Å². The van der Waals surface area contributed by atoms with Crippen molar-refractivity contribution >= 4 is 28.6 Å². The number of benzene rings is 2. The average Bonchev–Trinajstić information content (AvgIpc) is 3.55. The largest absolute Gasteiger partial charge is 0.473 e. The quantitative estimate of drug-likeness (QED) is 0.132. The summed E-state index contributed by atoms with van der Waals surface area (Å²) in [5, 5.41) is 0.0127. The molecule has 0 saturated carbocycles. The highest BCUT2D eigenvalue weighted by molar-refractivity contribution is 6.29. The molecule has 0 bridgehead atoms. The topological polar surface area (TPSA) is 88.4 Å². The number of carbonyl (C=O) groups is 1. The van der Waals surface area contributed by atoms with E-state index in [1.807, 2.05) is 4.57 Å². The lowest BCUT2D eigenvalue weighted by Gasteiger charge is -2.28. The van der Waals surface area contributed by atoms with Gasteiger partial charge in [-0.3, -0.25) is 0 Å². The van der Waals surface area contributed by atoms with Gasteiger partial charge in [-0.2, -0.15) is 0 Å². The van der Waals surface area contributed by atoms with Crippen LogP contribution in [0.25, 0.3) is 22.3 Å². The predicted molar refractivity (Wildman–Crippen MR) is 161 cm³/mol. The normalized spacial score (nSPS) is 15.8. The lowest BCUT2D eigenvalue weighted by Crippen LogP contribution is -2.27. The maximum absolute atomic E-state index is 15.7. The minimum Gasteiger partial charge on any atom is -0.473 e. The van der Waals surface area contributed by atoms with Gasteiger partial charge in [-0.15, -0.1) is 0 Å². The maximum atomic E-state index is 15.7. The first-order valence-corrected chi connectivity index (χ1v) is 14.5. The summed E-state index contributed by atoms with van der Waals surface area (Å²) in [6.45, 7) is 4.84. The molecule has 6 rings (SSSR count). The molecule has 1 atom stereocenters. The smallest absolute Gasteiger partial charge is 0.337 e. The number of fused-ring (bicyclic) bond motifs is 1. The van der Waals surface area contributed by atoms with Gasteiger partial charge in [0, 0.05) is 41.3 Å². The molecule has 1 aliphatic rings. The second-order valence-electron chi connectivity index (χ2n) is 11.5. The minimum atomic E-state index is -0.691. The molecule has 1 saturated heterocycles. The Morgan fingerprint density at radius 3 is 2.58 bits per heavy atom. The van der Waals surface area contributed by atoms with Crippen molar-refractivity contribution in [3.8, 4) is 17.1 Å². The summed E-state index contributed by atoms with van der Waals surface area (Å²) in [6.07, 6.45) is 1.23. The Balaban J connectivity index is 1.31. The van der Waals surface area contributed by atoms with Crippen LogP contribution in [0.2, 0.25) is 5.15 Å². The third-order valence-corrected chi connectivity index (χ3v) is 8.11. The second-order valence-corrected chi connectivity index (χ2v) is 11.8. The lowest BCUT2D eigenvalue weighted by atomic mass is 9.87. The molecule has 1 unspecified atom stereocenters. The van der Waals surface area contributed by atoms with E-state index in [0.717, 1.165) is 18.2 Å². The number of imidazole rings is 1. The van der Waals surface area contributed by atoms with Crippen molar-refractivity contribution in [3.63, 3.8) is 0 Å². The van der Waals surface area contributed by atoms with E-state index in [1.54, 1.807) is 24.3 Å². The van der Waals surface area contributed by atoms with Crippen LogP contribution in [0, 0.1) is 22.9 Å². The Kier molecular flexibility index (Phi) is 8.23. The third-order valence-electron chi connectivity index (χ3n) is 7.90. The van der Waals surface area contributed by atoms with E-state index >= 15 is 8.78 Å². The third kappa shape index (κ3) is 6.10. The Labute approximate surface area is 261 Å². The fourth-order valence-corrected chi connectivity index (χ4v) is 5.61. The van der Waals surface area contributed by atoms with Crippen molar-refractivity contribution < 1.29 is 32.2 Å². The Morgan fingerprint density at radius 2 is 1.84 bits per heavy atom. The Morgan fingerprint density at radius 1 is 1.04 bits per heavy atom. The van der Waals surface area contributed by atoms with E-state index < -0.39 is 23.4 Å². The molecule has 2 aromatic carbocycles. The van der Waals surface area contributed by atoms with Crippen molar-refractivity contribution in [2.45, 2.75) is 32.9 Å². The average molecular weight is 637 g/mol. The molecule has 0 N–H and O–H groups in total. The number of carbonyl (C=O) groups excluding carboxylic acids is 1. The van der Waals surface area contributed by atoms with Gasteiger partial charge in [-0.05, 0) is 42.0 Å². The SMILES string of the molecule is COC(=O)c1ccc2nc(Cc3cc(F)c(-c4cccc(OCc5cnc(Cl)cc5F)n4)cc3F)n(C3COCC3(C)C)c2c1. The molecule has 3 aromatic heterocycles. The number of hydrogen-bond donors (Lipinski definition) is 0. The first kappa shape index (κ1) is 30.5. The highest BCUT2D eigenvalue weighted by Crippen LogP contribution is 2.40. The molecule has 0 spiro atoms. The van der Waals surface area contributed by atoms with Crippen molar-refractivity contribution in [2.24, 2.45) is 5.41 Å². The van der Waals surface area contributed by atoms with Crippen molar-refractivity contribution in [1.82, 2.24) is 19.5 Å². The number of nitrogens with zero attached hydrogens (tertiary/aromatic N) is 4. The number of rotatable bonds is 8. The monoisotopic (exact) mass is 636 g/mol. The van der Waals surface area contributed by atoms with Gasteiger partial charge in [0.05, 0.1) is 48.7 Å². The van der Waals surface area contributed by atoms with Gasteiger partial charge in [0.15, 0.2) is 0 Å². The van der Waals surface area contributed by atoms with Gasteiger partial charge in [0.1, 0.15) is 35.0 Å². The number of ether oxygens (including phenoxy) is 3. The van der Waals surface area contributed by atoms with Crippen LogP contribution >= 0.6 is 11.6 Å². The molecule has 12 heteroatoms. The fourth-order valence-electron chi connectivity index (χ4n) is 5.47. The summed E-state index contributed by atoms with van der Waals surface area (Å²) in [5.74, 6) is -1.83. The van der Waals surface area contributed by atoms with Crippen molar-refractivity contribution in [1.29, 1.82) is 0 Å². The maximum Gasteiger partial charge on any atom is 0.337 e. The number of hydrogen-bond acceptors (Lipinski definition) is 7. The van der Waals surface area contributed by atoms with Gasteiger partial charge in [0.2, 0.25) is 5.88 Å². The number of esters is 1. The van der Waals surface area contributed by atoms with Crippen LogP contribution in [-0.4, -0.2) is 45.8 Å². The fraction of sp³-hybridized carbons (Fsp3) is 0.273. The summed E-state index contributed by atoms with van der Waals surface area (Å²) in [5.41, 5.74) is 1.66. The molecule has 8 nitrogen and oxygen atoms in total. The molecule has 5 aromatic rings. The molecule has 0 aliphatic carbocycles. The Bertz CT molecular complexity index is 1930. The summed E-state index contributed by atoms with van der Waals surface area (Å²) < 4.78 is 63.6. The molecule has 4 heterocycles. The summed E-state index contributed by atoms with van der Waals surface area (Å²) in [7, 11) is 1.31. The van der Waals surface area contributed by atoms with Crippen LogP contribution in [0.4, 0.5) is 13.2 Å². The molecular formula is C33H28ClF3N4O4. The molecule has 0 amide bonds. The molecule has 232 valence electrons. The van der Waals surface area contributed by atoms with E-state index in [0.29, 0.717) is 35.6 Å². The molecule has 45 heavy (non-hydrogen) atoms. The summed E-state index contributed by atoms with van der Waals surface area (Å²) >= 11 is 5.70. The summed E-state index contributed by atoms with van der Waals surface area (Å²) in [6, 6.07) is 12.8. The van der Waals surface area contributed by atoms with Gasteiger partial charge in [0.25, 0.3) is 0 Å². The predicted octanol–water partition coefficient (Wildman–Crippen LogP) is 7.12. The first-order chi connectivity index (χ1) is 21.5. The van der Waals surface area contributed by atoms with E-state index in [2.05, 4.69) is 23.8 Å². The number of pyridine rings is 2.